The van der Waals surface area contributed by atoms with E-state index in [1.165, 1.54) is 22.6 Å². The van der Waals surface area contributed by atoms with Crippen LogP contribution in [-0.2, 0) is 19.3 Å². The molecule has 0 atom stereocenters. The third-order valence-electron chi connectivity index (χ3n) is 3.49. The number of benzene rings is 2. The molecule has 0 bridgehead atoms. The Morgan fingerprint density at radius 3 is 2.25 bits per heavy atom. The molecule has 0 saturated carbocycles. The summed E-state index contributed by atoms with van der Waals surface area (Å²) < 4.78 is 38.0. The molecule has 0 saturated heterocycles. The number of nitrogens with one attached hydrogen (secondary N) is 2. The minimum absolute atomic E-state index is 0.00217. The lowest BCUT2D eigenvalue weighted by atomic mass is 10.1. The van der Waals surface area contributed by atoms with Gasteiger partial charge < -0.3 is 10.2 Å². The van der Waals surface area contributed by atoms with E-state index in [1.54, 1.807) is 0 Å². The van der Waals surface area contributed by atoms with Crippen molar-refractivity contribution in [3.8, 4) is 0 Å². The highest BCUT2D eigenvalue weighted by Gasteiger charge is 2.30. The van der Waals surface area contributed by atoms with Crippen molar-refractivity contribution >= 4 is 5.91 Å². The van der Waals surface area contributed by atoms with Gasteiger partial charge in [0.25, 0.3) is 5.91 Å². The number of halogens is 3. The number of alkyl halides is 3. The van der Waals surface area contributed by atoms with E-state index in [0.717, 1.165) is 24.2 Å². The topological polar surface area (TPSA) is 33.5 Å². The Balaban J connectivity index is 1.98. The molecule has 0 aliphatic carbocycles. The third kappa shape index (κ3) is 5.09. The minimum Gasteiger partial charge on any atom is -0.348 e. The van der Waals surface area contributed by atoms with Crippen LogP contribution < -0.4 is 10.2 Å². The van der Waals surface area contributed by atoms with E-state index in [0.29, 0.717) is 0 Å². The summed E-state index contributed by atoms with van der Waals surface area (Å²) in [5.74, 6) is -0.525. The van der Waals surface area contributed by atoms with Crippen LogP contribution in [0.4, 0.5) is 13.2 Å². The van der Waals surface area contributed by atoms with E-state index in [2.05, 4.69) is 19.4 Å². The molecule has 24 heavy (non-hydrogen) atoms. The molecule has 128 valence electrons. The molecule has 2 aromatic carbocycles. The Hall–Kier alpha value is -2.34. The van der Waals surface area contributed by atoms with Crippen molar-refractivity contribution in [2.45, 2.75) is 19.3 Å². The van der Waals surface area contributed by atoms with Gasteiger partial charge in [0, 0.05) is 17.7 Å². The summed E-state index contributed by atoms with van der Waals surface area (Å²) in [6.07, 6.45) is -4.46. The molecule has 0 unspecified atom stereocenters. The molecule has 0 spiro atoms. The van der Waals surface area contributed by atoms with Gasteiger partial charge in [-0.2, -0.15) is 13.2 Å². The molecule has 0 heterocycles. The predicted molar refractivity (Wildman–Crippen MR) is 85.6 cm³/mol. The summed E-state index contributed by atoms with van der Waals surface area (Å²) in [6.45, 7) is 1.17. The Labute approximate surface area is 139 Å². The van der Waals surface area contributed by atoms with Crippen molar-refractivity contribution in [2.24, 2.45) is 0 Å². The molecule has 0 aliphatic heterocycles. The Morgan fingerprint density at radius 1 is 1.04 bits per heavy atom. The number of amides is 1. The van der Waals surface area contributed by atoms with Crippen LogP contribution >= 0.6 is 0 Å². The maximum Gasteiger partial charge on any atom is 0.416 e. The van der Waals surface area contributed by atoms with Gasteiger partial charge in [-0.1, -0.05) is 30.3 Å². The first kappa shape index (κ1) is 18.0. The molecule has 0 aromatic heterocycles. The monoisotopic (exact) mass is 337 g/mol. The molecule has 0 aliphatic rings. The molecule has 0 fully saturated rings. The molecule has 2 N–H and O–H groups in total. The van der Waals surface area contributed by atoms with Crippen molar-refractivity contribution in [3.05, 3.63) is 70.8 Å². The van der Waals surface area contributed by atoms with Gasteiger partial charge in [0.2, 0.25) is 0 Å². The highest BCUT2D eigenvalue weighted by atomic mass is 19.4. The fourth-order valence-electron chi connectivity index (χ4n) is 2.30. The van der Waals surface area contributed by atoms with Crippen molar-refractivity contribution in [3.63, 3.8) is 0 Å². The third-order valence-corrected chi connectivity index (χ3v) is 3.49. The van der Waals surface area contributed by atoms with Gasteiger partial charge in [-0.05, 0) is 23.8 Å². The van der Waals surface area contributed by atoms with E-state index >= 15 is 0 Å². The highest BCUT2D eigenvalue weighted by Crippen LogP contribution is 2.29. The Bertz CT molecular complexity index is 694. The van der Waals surface area contributed by atoms with Crippen molar-refractivity contribution in [1.29, 1.82) is 0 Å². The van der Waals surface area contributed by atoms with E-state index in [9.17, 15) is 18.0 Å². The predicted octanol–water partition coefficient (Wildman–Crippen LogP) is 2.28. The van der Waals surface area contributed by atoms with Crippen LogP contribution in [0.1, 0.15) is 27.0 Å². The van der Waals surface area contributed by atoms with Gasteiger partial charge in [-0.25, -0.2) is 0 Å². The molecule has 2 rings (SSSR count). The van der Waals surface area contributed by atoms with Gasteiger partial charge >= 0.3 is 6.18 Å². The summed E-state index contributed by atoms with van der Waals surface area (Å²) in [6, 6.07) is 12.2. The average Bonchev–Trinajstić information content (AvgIpc) is 2.53. The molecular formula is C18H20F3N2O+. The lowest BCUT2D eigenvalue weighted by Gasteiger charge is -2.10. The first-order valence-electron chi connectivity index (χ1n) is 7.58. The zero-order valence-corrected chi connectivity index (χ0v) is 13.6. The summed E-state index contributed by atoms with van der Waals surface area (Å²) in [5.41, 5.74) is 1.25. The first-order chi connectivity index (χ1) is 11.3. The van der Waals surface area contributed by atoms with Crippen LogP contribution in [0.5, 0.6) is 0 Å². The maximum atomic E-state index is 12.7. The minimum atomic E-state index is -4.46. The van der Waals surface area contributed by atoms with E-state index in [4.69, 9.17) is 0 Å². The molecule has 2 aromatic rings. The van der Waals surface area contributed by atoms with Crippen molar-refractivity contribution in [2.75, 3.05) is 14.1 Å². The fourth-order valence-corrected chi connectivity index (χ4v) is 2.30. The SMILES string of the molecule is C[NH+](C)Cc1ccc(CNC(=O)c2cccc(C(F)(F)F)c2)cc1. The van der Waals surface area contributed by atoms with E-state index < -0.39 is 17.6 Å². The van der Waals surface area contributed by atoms with Crippen LogP contribution in [0.15, 0.2) is 48.5 Å². The standard InChI is InChI=1S/C18H19F3N2O/c1-23(2)12-14-8-6-13(7-9-14)11-22-17(24)15-4-3-5-16(10-15)18(19,20)21/h3-10H,11-12H2,1-2H3,(H,22,24)/p+1. The van der Waals surface area contributed by atoms with Crippen LogP contribution in [0.25, 0.3) is 0 Å². The largest absolute Gasteiger partial charge is 0.416 e. The number of hydrogen-bond donors (Lipinski definition) is 2. The molecule has 0 radical (unpaired) electrons. The lowest BCUT2D eigenvalue weighted by molar-refractivity contribution is -0.872. The van der Waals surface area contributed by atoms with Gasteiger partial charge in [0.15, 0.2) is 0 Å². The summed E-state index contributed by atoms with van der Waals surface area (Å²) in [5, 5.41) is 2.64. The van der Waals surface area contributed by atoms with Gasteiger partial charge in [-0.3, -0.25) is 4.79 Å². The van der Waals surface area contributed by atoms with E-state index in [1.807, 2.05) is 24.3 Å². The quantitative estimate of drug-likeness (QED) is 0.862. The van der Waals surface area contributed by atoms with Gasteiger partial charge in [0.05, 0.1) is 19.7 Å². The first-order valence-corrected chi connectivity index (χ1v) is 7.58. The van der Waals surface area contributed by atoms with Gasteiger partial charge in [0.1, 0.15) is 6.54 Å². The molecule has 1 amide bonds. The second kappa shape index (κ2) is 7.49. The summed E-state index contributed by atoms with van der Waals surface area (Å²) in [4.78, 5) is 13.3. The molecule has 6 heteroatoms. The number of carbonyl (C=O) groups is 1. The Morgan fingerprint density at radius 2 is 1.67 bits per heavy atom. The number of hydrogen-bond acceptors (Lipinski definition) is 1. The number of quaternary nitrogens is 1. The maximum absolute atomic E-state index is 12.7. The number of rotatable bonds is 5. The number of carbonyl (C=O) groups excluding carboxylic acids is 1. The fraction of sp³-hybridized carbons (Fsp3) is 0.278. The highest BCUT2D eigenvalue weighted by molar-refractivity contribution is 5.94. The van der Waals surface area contributed by atoms with E-state index in [-0.39, 0.29) is 12.1 Å². The normalized spacial score (nSPS) is 11.6. The smallest absolute Gasteiger partial charge is 0.348 e. The zero-order chi connectivity index (χ0) is 17.7. The van der Waals surface area contributed by atoms with Gasteiger partial charge in [-0.15, -0.1) is 0 Å². The lowest BCUT2D eigenvalue weighted by Crippen LogP contribution is -3.04. The molecular weight excluding hydrogens is 317 g/mol. The van der Waals surface area contributed by atoms with Crippen molar-refractivity contribution < 1.29 is 22.9 Å². The Kier molecular flexibility index (Phi) is 5.62. The van der Waals surface area contributed by atoms with Crippen LogP contribution in [0, 0.1) is 0 Å². The zero-order valence-electron chi connectivity index (χ0n) is 13.6. The van der Waals surface area contributed by atoms with Crippen LogP contribution in [0.3, 0.4) is 0 Å². The molecule has 3 nitrogen and oxygen atoms in total. The van der Waals surface area contributed by atoms with Crippen LogP contribution in [0.2, 0.25) is 0 Å². The summed E-state index contributed by atoms with van der Waals surface area (Å²) in [7, 11) is 4.12. The van der Waals surface area contributed by atoms with Crippen LogP contribution in [-0.4, -0.2) is 20.0 Å². The van der Waals surface area contributed by atoms with Crippen molar-refractivity contribution in [1.82, 2.24) is 5.32 Å². The second-order valence-electron chi connectivity index (χ2n) is 5.96. The second-order valence-corrected chi connectivity index (χ2v) is 5.96. The average molecular weight is 337 g/mol. The summed E-state index contributed by atoms with van der Waals surface area (Å²) >= 11 is 0.